The van der Waals surface area contributed by atoms with Gasteiger partial charge in [0.1, 0.15) is 0 Å². The summed E-state index contributed by atoms with van der Waals surface area (Å²) in [5, 5.41) is 0. The van der Waals surface area contributed by atoms with E-state index < -0.39 is 6.10 Å². The van der Waals surface area contributed by atoms with Crippen molar-refractivity contribution < 1.29 is 14.3 Å². The van der Waals surface area contributed by atoms with Gasteiger partial charge in [0.2, 0.25) is 5.91 Å². The van der Waals surface area contributed by atoms with Gasteiger partial charge in [-0.2, -0.15) is 0 Å². The van der Waals surface area contributed by atoms with E-state index in [2.05, 4.69) is 29.2 Å². The third kappa shape index (κ3) is 4.32. The van der Waals surface area contributed by atoms with Crippen LogP contribution < -0.4 is 4.90 Å². The summed E-state index contributed by atoms with van der Waals surface area (Å²) >= 11 is 0. The molecule has 0 bridgehead atoms. The molecule has 3 aliphatic rings. The fourth-order valence-electron chi connectivity index (χ4n) is 4.55. The van der Waals surface area contributed by atoms with Crippen molar-refractivity contribution >= 4 is 17.5 Å². The molecule has 0 radical (unpaired) electrons. The lowest BCUT2D eigenvalue weighted by molar-refractivity contribution is -0.154. The average molecular weight is 386 g/mol. The number of rotatable bonds is 4. The lowest BCUT2D eigenvalue weighted by Gasteiger charge is -2.35. The topological polar surface area (TPSA) is 53.1 Å². The summed E-state index contributed by atoms with van der Waals surface area (Å²) in [5.41, 5.74) is 2.62. The number of carbonyl (C=O) groups is 2. The Labute approximate surface area is 167 Å². The van der Waals surface area contributed by atoms with Crippen LogP contribution in [0.5, 0.6) is 0 Å². The van der Waals surface area contributed by atoms with Gasteiger partial charge in [0, 0.05) is 44.8 Å². The number of fused-ring (bicyclic) bond motifs is 1. The van der Waals surface area contributed by atoms with Gasteiger partial charge in [0.25, 0.3) is 5.91 Å². The average Bonchev–Trinajstić information content (AvgIpc) is 2.95. The maximum absolute atomic E-state index is 12.8. The minimum absolute atomic E-state index is 0.0628. The van der Waals surface area contributed by atoms with Crippen LogP contribution in [0.1, 0.15) is 37.7 Å². The van der Waals surface area contributed by atoms with E-state index in [1.165, 1.54) is 24.1 Å². The molecule has 1 aromatic rings. The first kappa shape index (κ1) is 19.2. The van der Waals surface area contributed by atoms with E-state index in [-0.39, 0.29) is 11.8 Å². The Bertz CT molecular complexity index is 700. The van der Waals surface area contributed by atoms with Gasteiger partial charge in [-0.15, -0.1) is 0 Å². The molecule has 2 saturated heterocycles. The van der Waals surface area contributed by atoms with Crippen molar-refractivity contribution in [1.82, 2.24) is 9.80 Å². The zero-order valence-electron chi connectivity index (χ0n) is 16.6. The first-order chi connectivity index (χ1) is 13.7. The molecule has 6 nitrogen and oxygen atoms in total. The summed E-state index contributed by atoms with van der Waals surface area (Å²) in [6.45, 7) is 4.78. The van der Waals surface area contributed by atoms with E-state index in [1.54, 1.807) is 0 Å². The number of para-hydroxylation sites is 1. The number of carbonyl (C=O) groups excluding carboxylic acids is 2. The molecule has 1 atom stereocenters. The lowest BCUT2D eigenvalue weighted by atomic mass is 10.2. The predicted octanol–water partition coefficient (Wildman–Crippen LogP) is 2.07. The largest absolute Gasteiger partial charge is 0.370 e. The smallest absolute Gasteiger partial charge is 0.253 e. The van der Waals surface area contributed by atoms with Crippen molar-refractivity contribution in [3.8, 4) is 0 Å². The highest BCUT2D eigenvalue weighted by Crippen LogP contribution is 2.27. The highest BCUT2D eigenvalue weighted by molar-refractivity contribution is 5.83. The van der Waals surface area contributed by atoms with Crippen molar-refractivity contribution in [1.29, 1.82) is 0 Å². The van der Waals surface area contributed by atoms with Crippen molar-refractivity contribution in [3.63, 3.8) is 0 Å². The maximum Gasteiger partial charge on any atom is 0.253 e. The molecule has 6 heteroatoms. The van der Waals surface area contributed by atoms with Crippen LogP contribution in [0.3, 0.4) is 0 Å². The number of hydrogen-bond acceptors (Lipinski definition) is 4. The molecule has 3 aliphatic heterocycles. The van der Waals surface area contributed by atoms with E-state index in [0.29, 0.717) is 26.1 Å². The van der Waals surface area contributed by atoms with Gasteiger partial charge >= 0.3 is 0 Å². The van der Waals surface area contributed by atoms with Crippen molar-refractivity contribution in [3.05, 3.63) is 29.8 Å². The van der Waals surface area contributed by atoms with E-state index >= 15 is 0 Å². The Kier molecular flexibility index (Phi) is 6.15. The highest BCUT2D eigenvalue weighted by Gasteiger charge is 2.32. The molecule has 152 valence electrons. The number of ether oxygens (including phenoxy) is 1. The molecule has 1 aromatic carbocycles. The van der Waals surface area contributed by atoms with E-state index in [4.69, 9.17) is 4.74 Å². The highest BCUT2D eigenvalue weighted by atomic mass is 16.5. The van der Waals surface area contributed by atoms with Crippen LogP contribution in [-0.2, 0) is 20.7 Å². The molecular weight excluding hydrogens is 354 g/mol. The Morgan fingerprint density at radius 2 is 1.75 bits per heavy atom. The van der Waals surface area contributed by atoms with Gasteiger partial charge in [-0.25, -0.2) is 0 Å². The number of benzene rings is 1. The number of nitrogens with zero attached hydrogens (tertiary/aromatic N) is 3. The first-order valence-electron chi connectivity index (χ1n) is 10.7. The fourth-order valence-corrected chi connectivity index (χ4v) is 4.55. The molecule has 0 spiro atoms. The van der Waals surface area contributed by atoms with E-state index in [0.717, 1.165) is 45.4 Å². The Morgan fingerprint density at radius 1 is 0.964 bits per heavy atom. The Morgan fingerprint density at radius 3 is 2.57 bits per heavy atom. The number of morpholine rings is 1. The zero-order chi connectivity index (χ0) is 19.3. The van der Waals surface area contributed by atoms with Gasteiger partial charge in [-0.3, -0.25) is 9.59 Å². The number of amides is 2. The summed E-state index contributed by atoms with van der Waals surface area (Å²) in [6, 6.07) is 8.43. The van der Waals surface area contributed by atoms with E-state index in [9.17, 15) is 9.59 Å². The number of likely N-dealkylation sites (tertiary alicyclic amines) is 1. The number of hydrogen-bond donors (Lipinski definition) is 0. The number of anilines is 1. The van der Waals surface area contributed by atoms with Crippen molar-refractivity contribution in [2.45, 2.75) is 44.6 Å². The molecule has 2 fully saturated rings. The molecule has 0 saturated carbocycles. The van der Waals surface area contributed by atoms with Crippen LogP contribution in [0, 0.1) is 0 Å². The van der Waals surface area contributed by atoms with Gasteiger partial charge in [0.05, 0.1) is 13.2 Å². The minimum Gasteiger partial charge on any atom is -0.370 e. The fraction of sp³-hybridized carbons (Fsp3) is 0.636. The monoisotopic (exact) mass is 385 g/mol. The molecule has 0 N–H and O–H groups in total. The van der Waals surface area contributed by atoms with Gasteiger partial charge in [0.15, 0.2) is 6.10 Å². The van der Waals surface area contributed by atoms with Gasteiger partial charge in [-0.05, 0) is 30.9 Å². The summed E-state index contributed by atoms with van der Waals surface area (Å²) in [6.07, 6.45) is 5.56. The Balaban J connectivity index is 1.29. The van der Waals surface area contributed by atoms with Crippen LogP contribution >= 0.6 is 0 Å². The lowest BCUT2D eigenvalue weighted by Crippen LogP contribution is -2.53. The molecule has 3 heterocycles. The summed E-state index contributed by atoms with van der Waals surface area (Å²) < 4.78 is 5.74. The molecule has 0 aliphatic carbocycles. The summed E-state index contributed by atoms with van der Waals surface area (Å²) in [4.78, 5) is 31.7. The Hall–Kier alpha value is -2.08. The van der Waals surface area contributed by atoms with Crippen molar-refractivity contribution in [2.75, 3.05) is 50.8 Å². The van der Waals surface area contributed by atoms with Gasteiger partial charge < -0.3 is 19.4 Å². The molecule has 2 amide bonds. The van der Waals surface area contributed by atoms with Crippen LogP contribution in [-0.4, -0.2) is 73.6 Å². The standard InChI is InChI=1S/C22H31N3O3/c26-21(10-14-23-13-9-18-7-3-4-8-19(18)23)25-15-16-28-20(17-25)22(27)24-11-5-1-2-6-12-24/h3-4,7-8,20H,1-2,5-6,9-17H2. The zero-order valence-corrected chi connectivity index (χ0v) is 16.6. The van der Waals surface area contributed by atoms with E-state index in [1.807, 2.05) is 9.80 Å². The van der Waals surface area contributed by atoms with Crippen LogP contribution in [0.15, 0.2) is 24.3 Å². The van der Waals surface area contributed by atoms with Gasteiger partial charge in [-0.1, -0.05) is 31.0 Å². The molecule has 0 aromatic heterocycles. The molecule has 1 unspecified atom stereocenters. The third-order valence-corrected chi connectivity index (χ3v) is 6.19. The second-order valence-corrected chi connectivity index (χ2v) is 8.05. The predicted molar refractivity (Wildman–Crippen MR) is 108 cm³/mol. The second-order valence-electron chi connectivity index (χ2n) is 8.05. The van der Waals surface area contributed by atoms with Crippen molar-refractivity contribution in [2.24, 2.45) is 0 Å². The SMILES string of the molecule is O=C(CCN1CCc2ccccc21)N1CCOC(C(=O)N2CCCCCC2)C1. The van der Waals surface area contributed by atoms with Crippen LogP contribution in [0.2, 0.25) is 0 Å². The second kappa shape index (κ2) is 8.95. The summed E-state index contributed by atoms with van der Waals surface area (Å²) in [7, 11) is 0. The minimum atomic E-state index is -0.497. The molecule has 4 rings (SSSR count). The van der Waals surface area contributed by atoms with Crippen LogP contribution in [0.25, 0.3) is 0 Å². The quantitative estimate of drug-likeness (QED) is 0.796. The normalized spacial score (nSPS) is 22.7. The summed E-state index contributed by atoms with van der Waals surface area (Å²) in [5.74, 6) is 0.189. The van der Waals surface area contributed by atoms with Crippen LogP contribution in [0.4, 0.5) is 5.69 Å². The molecule has 28 heavy (non-hydrogen) atoms. The first-order valence-corrected chi connectivity index (χ1v) is 10.7. The third-order valence-electron chi connectivity index (χ3n) is 6.19. The maximum atomic E-state index is 12.8. The molecular formula is C22H31N3O3.